The summed E-state index contributed by atoms with van der Waals surface area (Å²) in [5.74, 6) is -1.15. The van der Waals surface area contributed by atoms with Crippen molar-refractivity contribution < 1.29 is 14.0 Å². The number of benzene rings is 2. The summed E-state index contributed by atoms with van der Waals surface area (Å²) >= 11 is 0. The molecule has 1 saturated carbocycles. The van der Waals surface area contributed by atoms with Crippen LogP contribution in [0.4, 0.5) is 15.8 Å². The molecule has 0 atom stereocenters. The van der Waals surface area contributed by atoms with E-state index in [0.29, 0.717) is 5.92 Å². The minimum atomic E-state index is -0.979. The highest BCUT2D eigenvalue weighted by Gasteiger charge is 2.21. The van der Waals surface area contributed by atoms with Crippen LogP contribution in [0, 0.1) is 11.7 Å². The van der Waals surface area contributed by atoms with Gasteiger partial charge in [0.2, 0.25) is 0 Å². The molecule has 0 heterocycles. The van der Waals surface area contributed by atoms with Gasteiger partial charge in [0.05, 0.1) is 5.69 Å². The van der Waals surface area contributed by atoms with Crippen LogP contribution in [0.15, 0.2) is 60.9 Å². The predicted molar refractivity (Wildman–Crippen MR) is 127 cm³/mol. The van der Waals surface area contributed by atoms with E-state index in [-0.39, 0.29) is 11.5 Å². The molecule has 3 rings (SSSR count). The van der Waals surface area contributed by atoms with E-state index < -0.39 is 17.6 Å². The molecule has 7 heteroatoms. The number of hydrazine groups is 1. The van der Waals surface area contributed by atoms with Crippen LogP contribution in [-0.2, 0) is 9.59 Å². The summed E-state index contributed by atoms with van der Waals surface area (Å²) in [7, 11) is 0. The Labute approximate surface area is 189 Å². The van der Waals surface area contributed by atoms with Crippen molar-refractivity contribution in [2.45, 2.75) is 52.4 Å². The van der Waals surface area contributed by atoms with Crippen molar-refractivity contribution in [2.24, 2.45) is 5.92 Å². The lowest BCUT2D eigenvalue weighted by atomic mass is 9.79. The van der Waals surface area contributed by atoms with Crippen molar-refractivity contribution in [1.82, 2.24) is 10.9 Å². The molecule has 0 aromatic heterocycles. The molecule has 0 unspecified atom stereocenters. The van der Waals surface area contributed by atoms with Gasteiger partial charge in [0, 0.05) is 5.69 Å². The van der Waals surface area contributed by atoms with Gasteiger partial charge in [0.1, 0.15) is 11.6 Å². The summed E-state index contributed by atoms with van der Waals surface area (Å²) in [5.41, 5.74) is 6.41. The first kappa shape index (κ1) is 24.9. The van der Waals surface area contributed by atoms with Crippen LogP contribution in [0.1, 0.15) is 57.9 Å². The van der Waals surface area contributed by atoms with E-state index in [1.54, 1.807) is 0 Å². The Hall–Kier alpha value is -3.35. The Morgan fingerprint density at radius 2 is 1.56 bits per heavy atom. The van der Waals surface area contributed by atoms with Crippen molar-refractivity contribution in [3.63, 3.8) is 0 Å². The molecule has 1 fully saturated rings. The van der Waals surface area contributed by atoms with Crippen LogP contribution in [-0.4, -0.2) is 11.8 Å². The molecule has 0 saturated heterocycles. The van der Waals surface area contributed by atoms with Gasteiger partial charge < -0.3 is 10.6 Å². The van der Waals surface area contributed by atoms with Gasteiger partial charge in [-0.3, -0.25) is 20.4 Å². The van der Waals surface area contributed by atoms with Crippen LogP contribution >= 0.6 is 0 Å². The minimum absolute atomic E-state index is 0.0238. The Balaban J connectivity index is 0.00000176. The number of carbonyl (C=O) groups excluding carboxylic acids is 2. The van der Waals surface area contributed by atoms with E-state index >= 15 is 0 Å². The van der Waals surface area contributed by atoms with E-state index in [4.69, 9.17) is 0 Å². The molecule has 32 heavy (non-hydrogen) atoms. The molecule has 2 amide bonds. The van der Waals surface area contributed by atoms with Gasteiger partial charge in [-0.15, -0.1) is 0 Å². The third-order valence-electron chi connectivity index (χ3n) is 5.33. The lowest BCUT2D eigenvalue weighted by Gasteiger charge is -2.26. The van der Waals surface area contributed by atoms with Gasteiger partial charge in [0.15, 0.2) is 0 Å². The molecule has 0 aliphatic heterocycles. The maximum Gasteiger partial charge on any atom is 0.327 e. The summed E-state index contributed by atoms with van der Waals surface area (Å²) in [6.45, 7) is 9.95. The Bertz CT molecular complexity index is 909. The number of nitrogens with one attached hydrogen (secondary N) is 4. The molecule has 172 valence electrons. The second kappa shape index (κ2) is 12.5. The molecule has 4 N–H and O–H groups in total. The quantitative estimate of drug-likeness (QED) is 0.363. The summed E-state index contributed by atoms with van der Waals surface area (Å²) in [4.78, 5) is 24.1. The van der Waals surface area contributed by atoms with Gasteiger partial charge in [-0.1, -0.05) is 64.5 Å². The van der Waals surface area contributed by atoms with Crippen LogP contribution < -0.4 is 21.5 Å². The minimum Gasteiger partial charge on any atom is -0.341 e. The lowest BCUT2D eigenvalue weighted by Crippen LogP contribution is -2.44. The summed E-state index contributed by atoms with van der Waals surface area (Å²) in [5, 5.41) is 5.23. The second-order valence-corrected chi connectivity index (χ2v) is 7.70. The van der Waals surface area contributed by atoms with E-state index in [9.17, 15) is 14.0 Å². The van der Waals surface area contributed by atoms with Crippen LogP contribution in [0.2, 0.25) is 0 Å². The number of halogens is 1. The fraction of sp³-hybridized carbons (Fsp3) is 0.360. The summed E-state index contributed by atoms with van der Waals surface area (Å²) in [6, 6.07) is 14.0. The van der Waals surface area contributed by atoms with Crippen molar-refractivity contribution in [3.8, 4) is 0 Å². The van der Waals surface area contributed by atoms with E-state index in [1.807, 2.05) is 50.2 Å². The number of amides is 2. The van der Waals surface area contributed by atoms with Crippen LogP contribution in [0.5, 0.6) is 0 Å². The molecular weight excluding hydrogens is 407 g/mol. The molecule has 0 spiro atoms. The maximum absolute atomic E-state index is 14.5. The van der Waals surface area contributed by atoms with Crippen LogP contribution in [0.25, 0.3) is 0 Å². The highest BCUT2D eigenvalue weighted by Crippen LogP contribution is 2.36. The SMILES string of the molecule is C=C(NNC(=O)C(=O)Nc1ccc(C2CCC(C)CC2)cc1F)Nc1ccccc1.CC. The van der Waals surface area contributed by atoms with Gasteiger partial charge in [0.25, 0.3) is 0 Å². The highest BCUT2D eigenvalue weighted by atomic mass is 19.1. The molecule has 0 bridgehead atoms. The van der Waals surface area contributed by atoms with Gasteiger partial charge >= 0.3 is 11.8 Å². The Morgan fingerprint density at radius 1 is 0.906 bits per heavy atom. The molecule has 1 aliphatic carbocycles. The summed E-state index contributed by atoms with van der Waals surface area (Å²) in [6.07, 6.45) is 4.37. The van der Waals surface area contributed by atoms with Crippen molar-refractivity contribution in [3.05, 3.63) is 72.3 Å². The number of anilines is 2. The zero-order valence-corrected chi connectivity index (χ0v) is 19.0. The molecule has 0 radical (unpaired) electrons. The Morgan fingerprint density at radius 3 is 2.19 bits per heavy atom. The average molecular weight is 441 g/mol. The predicted octanol–water partition coefficient (Wildman–Crippen LogP) is 5.29. The number of rotatable bonds is 6. The Kier molecular flexibility index (Phi) is 9.73. The fourth-order valence-electron chi connectivity index (χ4n) is 3.58. The van der Waals surface area contributed by atoms with Gasteiger partial charge in [-0.05, 0) is 54.5 Å². The van der Waals surface area contributed by atoms with Crippen molar-refractivity contribution in [2.75, 3.05) is 10.6 Å². The average Bonchev–Trinajstić information content (AvgIpc) is 2.81. The highest BCUT2D eigenvalue weighted by molar-refractivity contribution is 6.39. The van der Waals surface area contributed by atoms with E-state index in [0.717, 1.165) is 42.9 Å². The topological polar surface area (TPSA) is 82.3 Å². The first-order valence-corrected chi connectivity index (χ1v) is 11.1. The molecule has 2 aromatic carbocycles. The third-order valence-corrected chi connectivity index (χ3v) is 5.33. The van der Waals surface area contributed by atoms with Crippen molar-refractivity contribution in [1.29, 1.82) is 0 Å². The third kappa shape index (κ3) is 7.41. The largest absolute Gasteiger partial charge is 0.341 e. The standard InChI is InChI=1S/C23H27FN4O2.C2H6/c1-15-8-10-17(11-9-15)18-12-13-21(20(24)14-18)26-22(29)23(30)28-27-16(2)25-19-6-4-3-5-7-19;1-2/h3-7,12-15,17,25,27H,2,8-11H2,1H3,(H,26,29)(H,28,30);1-2H3. The molecule has 6 nitrogen and oxygen atoms in total. The van der Waals surface area contributed by atoms with Crippen molar-refractivity contribution >= 4 is 23.2 Å². The van der Waals surface area contributed by atoms with Gasteiger partial charge in [-0.2, -0.15) is 0 Å². The molecule has 1 aliphatic rings. The molecule has 2 aromatic rings. The first-order valence-electron chi connectivity index (χ1n) is 11.1. The van der Waals surface area contributed by atoms with Crippen LogP contribution in [0.3, 0.4) is 0 Å². The van der Waals surface area contributed by atoms with Gasteiger partial charge in [-0.25, -0.2) is 4.39 Å². The molecular formula is C25H33FN4O2. The fourth-order valence-corrected chi connectivity index (χ4v) is 3.58. The summed E-state index contributed by atoms with van der Waals surface area (Å²) < 4.78 is 14.5. The number of hydrogen-bond acceptors (Lipinski definition) is 4. The van der Waals surface area contributed by atoms with E-state index in [1.165, 1.54) is 12.1 Å². The zero-order chi connectivity index (χ0) is 23.5. The number of hydrogen-bond donors (Lipinski definition) is 4. The number of para-hydroxylation sites is 1. The maximum atomic E-state index is 14.5. The number of carbonyl (C=O) groups is 2. The van der Waals surface area contributed by atoms with E-state index in [2.05, 4.69) is 35.0 Å². The zero-order valence-electron chi connectivity index (χ0n) is 19.0. The first-order chi connectivity index (χ1) is 15.4. The lowest BCUT2D eigenvalue weighted by molar-refractivity contribution is -0.136. The monoisotopic (exact) mass is 440 g/mol. The smallest absolute Gasteiger partial charge is 0.327 e. The normalized spacial score (nSPS) is 17.2. The second-order valence-electron chi connectivity index (χ2n) is 7.70.